The maximum atomic E-state index is 13.7. The Morgan fingerprint density at radius 3 is 2.71 bits per heavy atom. The minimum atomic E-state index is -0.486. The van der Waals surface area contributed by atoms with Crippen LogP contribution in [-0.2, 0) is 22.4 Å². The molecular formula is C27H29N3O3S2. The van der Waals surface area contributed by atoms with Crippen molar-refractivity contribution < 1.29 is 14.3 Å². The number of hydrogen-bond acceptors (Lipinski definition) is 8. The molecule has 5 rings (SSSR count). The summed E-state index contributed by atoms with van der Waals surface area (Å²) in [5, 5.41) is 14.9. The van der Waals surface area contributed by atoms with Gasteiger partial charge in [-0.05, 0) is 65.5 Å². The Morgan fingerprint density at radius 2 is 2.03 bits per heavy atom. The first-order valence-corrected chi connectivity index (χ1v) is 13.7. The van der Waals surface area contributed by atoms with E-state index in [2.05, 4.69) is 19.9 Å². The Morgan fingerprint density at radius 1 is 1.26 bits per heavy atom. The summed E-state index contributed by atoms with van der Waals surface area (Å²) < 4.78 is 5.24. The molecule has 2 aromatic rings. The highest BCUT2D eigenvalue weighted by atomic mass is 32.1. The molecule has 1 atom stereocenters. The second kappa shape index (κ2) is 8.96. The molecule has 0 saturated heterocycles. The van der Waals surface area contributed by atoms with Crippen molar-refractivity contribution in [2.75, 3.05) is 12.0 Å². The molecule has 2 N–H and O–H groups in total. The number of aryl methyl sites for hydroxylation is 1. The number of methoxy groups -OCH3 is 1. The molecule has 0 aromatic carbocycles. The molecule has 0 amide bonds. The highest BCUT2D eigenvalue weighted by molar-refractivity contribution is 7.16. The van der Waals surface area contributed by atoms with Crippen molar-refractivity contribution in [2.45, 2.75) is 64.7 Å². The number of fused-ring (bicyclic) bond motifs is 1. The first-order chi connectivity index (χ1) is 16.8. The van der Waals surface area contributed by atoms with Crippen LogP contribution in [0.3, 0.4) is 0 Å². The van der Waals surface area contributed by atoms with Crippen LogP contribution in [0.15, 0.2) is 39.5 Å². The van der Waals surface area contributed by atoms with Gasteiger partial charge in [-0.2, -0.15) is 16.6 Å². The Hall–Kier alpha value is -2.89. The predicted octanol–water partition coefficient (Wildman–Crippen LogP) is 5.81. The molecule has 3 heterocycles. The molecule has 35 heavy (non-hydrogen) atoms. The minimum absolute atomic E-state index is 0.0374. The van der Waals surface area contributed by atoms with Crippen LogP contribution in [-0.4, -0.2) is 18.9 Å². The van der Waals surface area contributed by atoms with Gasteiger partial charge in [-0.25, -0.2) is 4.79 Å². The van der Waals surface area contributed by atoms with Crippen molar-refractivity contribution in [1.29, 1.82) is 5.26 Å². The monoisotopic (exact) mass is 507 g/mol. The van der Waals surface area contributed by atoms with E-state index in [0.29, 0.717) is 40.4 Å². The number of carbonyl (C=O) groups excluding carboxylic acids is 2. The molecule has 3 aliphatic rings. The molecule has 0 saturated carbocycles. The molecule has 2 aliphatic carbocycles. The molecule has 182 valence electrons. The van der Waals surface area contributed by atoms with Crippen molar-refractivity contribution >= 4 is 39.4 Å². The van der Waals surface area contributed by atoms with Gasteiger partial charge >= 0.3 is 5.97 Å². The lowest BCUT2D eigenvalue weighted by atomic mass is 9.69. The van der Waals surface area contributed by atoms with E-state index >= 15 is 0 Å². The Balaban J connectivity index is 1.80. The first kappa shape index (κ1) is 23.8. The molecule has 0 spiro atoms. The van der Waals surface area contributed by atoms with E-state index in [0.717, 1.165) is 48.9 Å². The van der Waals surface area contributed by atoms with Crippen LogP contribution >= 0.6 is 22.7 Å². The highest BCUT2D eigenvalue weighted by Crippen LogP contribution is 2.53. The van der Waals surface area contributed by atoms with Gasteiger partial charge in [0.15, 0.2) is 5.78 Å². The molecule has 2 aromatic heterocycles. The SMILES string of the molecule is COC(=O)c1c(N2C(N)=C(C#N)[C@H](c3ccsc3)C3=C2CC(C)(C)CC3=O)sc2c1CCCCC2. The number of nitrogens with zero attached hydrogens (tertiary/aromatic N) is 2. The van der Waals surface area contributed by atoms with Crippen LogP contribution in [0.5, 0.6) is 0 Å². The van der Waals surface area contributed by atoms with E-state index in [-0.39, 0.29) is 11.2 Å². The van der Waals surface area contributed by atoms with E-state index < -0.39 is 11.9 Å². The number of ether oxygens (including phenoxy) is 1. The second-order valence-corrected chi connectivity index (χ2v) is 12.1. The molecule has 0 unspecified atom stereocenters. The van der Waals surface area contributed by atoms with Crippen LogP contribution in [0.2, 0.25) is 0 Å². The van der Waals surface area contributed by atoms with E-state index in [1.807, 2.05) is 21.7 Å². The van der Waals surface area contributed by atoms with E-state index in [4.69, 9.17) is 10.5 Å². The third-order valence-corrected chi connectivity index (χ3v) is 9.23. The summed E-state index contributed by atoms with van der Waals surface area (Å²) in [6, 6.07) is 4.28. The fraction of sp³-hybridized carbons (Fsp3) is 0.444. The third kappa shape index (κ3) is 3.91. The van der Waals surface area contributed by atoms with Gasteiger partial charge in [0.05, 0.1) is 30.2 Å². The second-order valence-electron chi connectivity index (χ2n) is 10.3. The molecule has 1 aliphatic heterocycles. The van der Waals surface area contributed by atoms with Crippen LogP contribution in [0.25, 0.3) is 0 Å². The largest absolute Gasteiger partial charge is 0.465 e. The van der Waals surface area contributed by atoms with Crippen LogP contribution < -0.4 is 10.6 Å². The summed E-state index contributed by atoms with van der Waals surface area (Å²) in [5.41, 5.74) is 10.8. The van der Waals surface area contributed by atoms with E-state index in [1.165, 1.54) is 23.3 Å². The Kier molecular flexibility index (Phi) is 6.10. The zero-order chi connectivity index (χ0) is 24.9. The van der Waals surface area contributed by atoms with Crippen molar-refractivity contribution in [3.63, 3.8) is 0 Å². The third-order valence-electron chi connectivity index (χ3n) is 7.25. The number of anilines is 1. The molecule has 0 bridgehead atoms. The van der Waals surface area contributed by atoms with Gasteiger partial charge in [0.25, 0.3) is 0 Å². The zero-order valence-corrected chi connectivity index (χ0v) is 21.9. The number of nitrogens with two attached hydrogens (primary N) is 1. The van der Waals surface area contributed by atoms with Crippen molar-refractivity contribution in [3.05, 3.63) is 61.1 Å². The number of allylic oxidation sites excluding steroid dienone is 3. The smallest absolute Gasteiger partial charge is 0.341 e. The number of nitriles is 1. The van der Waals surface area contributed by atoms with Gasteiger partial charge in [-0.3, -0.25) is 9.69 Å². The minimum Gasteiger partial charge on any atom is -0.465 e. The molecule has 0 fully saturated rings. The van der Waals surface area contributed by atoms with E-state index in [1.54, 1.807) is 11.3 Å². The number of hydrogen-bond donors (Lipinski definition) is 1. The number of ketones is 1. The Bertz CT molecular complexity index is 1310. The van der Waals surface area contributed by atoms with Gasteiger partial charge in [-0.15, -0.1) is 11.3 Å². The normalized spacial score (nSPS) is 21.8. The van der Waals surface area contributed by atoms with Gasteiger partial charge < -0.3 is 10.5 Å². The Labute approximate surface area is 213 Å². The number of Topliss-reactive ketones (excluding diaryl/α,β-unsaturated/α-hetero) is 1. The van der Waals surface area contributed by atoms with Crippen LogP contribution in [0.1, 0.15) is 78.2 Å². The number of esters is 1. The fourth-order valence-electron chi connectivity index (χ4n) is 5.71. The van der Waals surface area contributed by atoms with Gasteiger partial charge in [0.2, 0.25) is 0 Å². The van der Waals surface area contributed by atoms with Crippen molar-refractivity contribution in [1.82, 2.24) is 0 Å². The first-order valence-electron chi connectivity index (χ1n) is 12.0. The van der Waals surface area contributed by atoms with Crippen molar-refractivity contribution in [3.8, 4) is 6.07 Å². The van der Waals surface area contributed by atoms with E-state index in [9.17, 15) is 14.9 Å². The average molecular weight is 508 g/mol. The summed E-state index contributed by atoms with van der Waals surface area (Å²) in [5.74, 6) is -0.542. The maximum Gasteiger partial charge on any atom is 0.341 e. The molecule has 0 radical (unpaired) electrons. The lowest BCUT2D eigenvalue weighted by Crippen LogP contribution is -2.42. The maximum absolute atomic E-state index is 13.7. The topological polar surface area (TPSA) is 96.4 Å². The summed E-state index contributed by atoms with van der Waals surface area (Å²) in [7, 11) is 1.40. The summed E-state index contributed by atoms with van der Waals surface area (Å²) in [6.07, 6.45) is 5.96. The highest BCUT2D eigenvalue weighted by Gasteiger charge is 2.46. The van der Waals surface area contributed by atoms with Crippen molar-refractivity contribution in [2.24, 2.45) is 11.1 Å². The number of thiophene rings is 2. The summed E-state index contributed by atoms with van der Waals surface area (Å²) >= 11 is 3.09. The number of carbonyl (C=O) groups is 2. The lowest BCUT2D eigenvalue weighted by molar-refractivity contribution is -0.118. The molecular weight excluding hydrogens is 478 g/mol. The summed E-state index contributed by atoms with van der Waals surface area (Å²) in [6.45, 7) is 4.16. The fourth-order valence-corrected chi connectivity index (χ4v) is 7.81. The predicted molar refractivity (Wildman–Crippen MR) is 138 cm³/mol. The quantitative estimate of drug-likeness (QED) is 0.416. The van der Waals surface area contributed by atoms with Crippen LogP contribution in [0, 0.1) is 16.7 Å². The van der Waals surface area contributed by atoms with Gasteiger partial charge in [-0.1, -0.05) is 20.3 Å². The standard InChI is InChI=1S/C27H29N3O3S2/c1-27(2)11-18-23(19(31)12-27)21(15-9-10-34-14-15)17(13-28)24(29)30(18)25-22(26(32)33-3)16-7-5-4-6-8-20(16)35-25/h9-10,14,21H,4-8,11-12,29H2,1-3H3/t21-/m0/s1. The van der Waals surface area contributed by atoms with Crippen LogP contribution in [0.4, 0.5) is 5.00 Å². The summed E-state index contributed by atoms with van der Waals surface area (Å²) in [4.78, 5) is 29.8. The van der Waals surface area contributed by atoms with Gasteiger partial charge in [0, 0.05) is 22.6 Å². The molecule has 6 nitrogen and oxygen atoms in total. The van der Waals surface area contributed by atoms with Gasteiger partial charge in [0.1, 0.15) is 10.8 Å². The average Bonchev–Trinajstić information content (AvgIpc) is 3.40. The lowest BCUT2D eigenvalue weighted by Gasteiger charge is -2.43. The number of rotatable bonds is 3. The zero-order valence-electron chi connectivity index (χ0n) is 20.3. The molecule has 8 heteroatoms.